The molecule has 2 aromatic heterocycles. The van der Waals surface area contributed by atoms with Crippen LogP contribution in [-0.2, 0) is 13.1 Å². The highest BCUT2D eigenvalue weighted by Gasteiger charge is 1.99. The van der Waals surface area contributed by atoms with E-state index in [4.69, 9.17) is 4.42 Å². The zero-order valence-corrected chi connectivity index (χ0v) is 9.85. The molecule has 0 radical (unpaired) electrons. The van der Waals surface area contributed by atoms with E-state index in [2.05, 4.69) is 5.32 Å². The Labute approximate surface area is 99.9 Å². The lowest BCUT2D eigenvalue weighted by atomic mass is 10.3. The first-order valence-electron chi connectivity index (χ1n) is 5.67. The van der Waals surface area contributed by atoms with Crippen LogP contribution < -0.4 is 10.9 Å². The van der Waals surface area contributed by atoms with Gasteiger partial charge in [0.15, 0.2) is 0 Å². The van der Waals surface area contributed by atoms with Gasteiger partial charge >= 0.3 is 0 Å². The summed E-state index contributed by atoms with van der Waals surface area (Å²) in [5.41, 5.74) is 1.03. The van der Waals surface area contributed by atoms with Crippen molar-refractivity contribution in [2.75, 3.05) is 6.54 Å². The molecule has 0 aliphatic heterocycles. The topological polar surface area (TPSA) is 47.2 Å². The maximum atomic E-state index is 11.6. The normalized spacial score (nSPS) is 10.6. The molecular weight excluding hydrogens is 216 g/mol. The standard InChI is InChI=1S/C13H16N2O2/c1-11-4-2-6-13(16)15(11)8-7-14-10-12-5-3-9-17-12/h2-6,9,14H,7-8,10H2,1H3. The van der Waals surface area contributed by atoms with E-state index in [-0.39, 0.29) is 5.56 Å². The lowest BCUT2D eigenvalue weighted by molar-refractivity contribution is 0.473. The van der Waals surface area contributed by atoms with E-state index in [1.54, 1.807) is 23.0 Å². The van der Waals surface area contributed by atoms with Gasteiger partial charge in [-0.25, -0.2) is 0 Å². The zero-order valence-electron chi connectivity index (χ0n) is 9.85. The van der Waals surface area contributed by atoms with Crippen LogP contribution >= 0.6 is 0 Å². The lowest BCUT2D eigenvalue weighted by Gasteiger charge is -2.09. The SMILES string of the molecule is Cc1cccc(=O)n1CCNCc1ccco1. The second kappa shape index (κ2) is 5.50. The van der Waals surface area contributed by atoms with Crippen LogP contribution in [0.15, 0.2) is 45.8 Å². The first kappa shape index (κ1) is 11.7. The van der Waals surface area contributed by atoms with Crippen molar-refractivity contribution >= 4 is 0 Å². The second-order valence-corrected chi connectivity index (χ2v) is 3.91. The Balaban J connectivity index is 1.84. The Morgan fingerprint density at radius 2 is 2.18 bits per heavy atom. The van der Waals surface area contributed by atoms with Gasteiger partial charge in [0.2, 0.25) is 0 Å². The van der Waals surface area contributed by atoms with Gasteiger partial charge in [-0.1, -0.05) is 6.07 Å². The summed E-state index contributed by atoms with van der Waals surface area (Å²) in [5, 5.41) is 3.24. The van der Waals surface area contributed by atoms with Crippen LogP contribution in [0.1, 0.15) is 11.5 Å². The number of hydrogen-bond acceptors (Lipinski definition) is 3. The molecule has 1 N–H and O–H groups in total. The maximum Gasteiger partial charge on any atom is 0.250 e. The Hall–Kier alpha value is -1.81. The number of furan rings is 1. The van der Waals surface area contributed by atoms with E-state index < -0.39 is 0 Å². The maximum absolute atomic E-state index is 11.6. The molecule has 4 nitrogen and oxygen atoms in total. The summed E-state index contributed by atoms with van der Waals surface area (Å²) in [7, 11) is 0. The fraction of sp³-hybridized carbons (Fsp3) is 0.308. The molecule has 0 saturated heterocycles. The number of aromatic nitrogens is 1. The minimum Gasteiger partial charge on any atom is -0.468 e. The Bertz CT molecular complexity index is 514. The molecule has 0 aliphatic rings. The van der Waals surface area contributed by atoms with Crippen molar-refractivity contribution in [1.29, 1.82) is 0 Å². The molecule has 0 saturated carbocycles. The molecule has 17 heavy (non-hydrogen) atoms. The smallest absolute Gasteiger partial charge is 0.250 e. The highest BCUT2D eigenvalue weighted by Crippen LogP contribution is 1.98. The van der Waals surface area contributed by atoms with Gasteiger partial charge in [-0.2, -0.15) is 0 Å². The molecule has 0 amide bonds. The number of rotatable bonds is 5. The number of pyridine rings is 1. The van der Waals surface area contributed by atoms with Crippen LogP contribution in [0.2, 0.25) is 0 Å². The van der Waals surface area contributed by atoms with E-state index in [0.717, 1.165) is 18.0 Å². The summed E-state index contributed by atoms with van der Waals surface area (Å²) < 4.78 is 6.96. The second-order valence-electron chi connectivity index (χ2n) is 3.91. The first-order chi connectivity index (χ1) is 8.27. The molecule has 0 unspecified atom stereocenters. The molecule has 0 bridgehead atoms. The highest BCUT2D eigenvalue weighted by atomic mass is 16.3. The summed E-state index contributed by atoms with van der Waals surface area (Å²) >= 11 is 0. The summed E-state index contributed by atoms with van der Waals surface area (Å²) in [6, 6.07) is 9.09. The van der Waals surface area contributed by atoms with Crippen LogP contribution in [0, 0.1) is 6.92 Å². The van der Waals surface area contributed by atoms with Crippen LogP contribution in [0.25, 0.3) is 0 Å². The largest absolute Gasteiger partial charge is 0.468 e. The molecule has 0 atom stereocenters. The van der Waals surface area contributed by atoms with Gasteiger partial charge in [0.05, 0.1) is 12.8 Å². The Morgan fingerprint density at radius 3 is 2.88 bits per heavy atom. The molecule has 90 valence electrons. The highest BCUT2D eigenvalue weighted by molar-refractivity contribution is 5.04. The van der Waals surface area contributed by atoms with Crippen molar-refractivity contribution in [2.45, 2.75) is 20.0 Å². The van der Waals surface area contributed by atoms with Crippen molar-refractivity contribution in [1.82, 2.24) is 9.88 Å². The Morgan fingerprint density at radius 1 is 1.29 bits per heavy atom. The predicted molar refractivity (Wildman–Crippen MR) is 65.9 cm³/mol. The lowest BCUT2D eigenvalue weighted by Crippen LogP contribution is -2.27. The number of nitrogens with zero attached hydrogens (tertiary/aromatic N) is 1. The molecule has 4 heteroatoms. The first-order valence-corrected chi connectivity index (χ1v) is 5.67. The van der Waals surface area contributed by atoms with E-state index in [1.807, 2.05) is 25.1 Å². The summed E-state index contributed by atoms with van der Waals surface area (Å²) in [5.74, 6) is 0.905. The molecule has 0 aromatic carbocycles. The van der Waals surface area contributed by atoms with E-state index in [0.29, 0.717) is 13.1 Å². The van der Waals surface area contributed by atoms with E-state index in [1.165, 1.54) is 0 Å². The third kappa shape index (κ3) is 3.07. The van der Waals surface area contributed by atoms with Crippen molar-refractivity contribution in [3.05, 3.63) is 58.4 Å². The molecule has 0 aliphatic carbocycles. The number of hydrogen-bond donors (Lipinski definition) is 1. The van der Waals surface area contributed by atoms with Crippen molar-refractivity contribution in [2.24, 2.45) is 0 Å². The van der Waals surface area contributed by atoms with Crippen LogP contribution in [0.5, 0.6) is 0 Å². The van der Waals surface area contributed by atoms with Crippen molar-refractivity contribution in [3.8, 4) is 0 Å². The quantitative estimate of drug-likeness (QED) is 0.795. The fourth-order valence-corrected chi connectivity index (χ4v) is 1.73. The molecule has 0 fully saturated rings. The summed E-state index contributed by atoms with van der Waals surface area (Å²) in [6.07, 6.45) is 1.66. The number of nitrogens with one attached hydrogen (secondary N) is 1. The van der Waals surface area contributed by atoms with Gasteiger partial charge < -0.3 is 14.3 Å². The van der Waals surface area contributed by atoms with E-state index >= 15 is 0 Å². The van der Waals surface area contributed by atoms with Crippen molar-refractivity contribution < 1.29 is 4.42 Å². The van der Waals surface area contributed by atoms with Gasteiger partial charge in [-0.05, 0) is 25.1 Å². The monoisotopic (exact) mass is 232 g/mol. The number of aryl methyl sites for hydroxylation is 1. The minimum atomic E-state index is 0.0461. The van der Waals surface area contributed by atoms with Gasteiger partial charge in [0, 0.05) is 24.8 Å². The van der Waals surface area contributed by atoms with Crippen molar-refractivity contribution in [3.63, 3.8) is 0 Å². The summed E-state index contributed by atoms with van der Waals surface area (Å²) in [4.78, 5) is 11.6. The summed E-state index contributed by atoms with van der Waals surface area (Å²) in [6.45, 7) is 4.04. The average molecular weight is 232 g/mol. The third-order valence-corrected chi connectivity index (χ3v) is 2.66. The molecular formula is C13H16N2O2. The van der Waals surface area contributed by atoms with Gasteiger partial charge in [-0.15, -0.1) is 0 Å². The van der Waals surface area contributed by atoms with Crippen LogP contribution in [-0.4, -0.2) is 11.1 Å². The molecule has 2 aromatic rings. The van der Waals surface area contributed by atoms with E-state index in [9.17, 15) is 4.79 Å². The predicted octanol–water partition coefficient (Wildman–Crippen LogP) is 1.54. The van der Waals surface area contributed by atoms with Crippen LogP contribution in [0.3, 0.4) is 0 Å². The van der Waals surface area contributed by atoms with Gasteiger partial charge in [0.1, 0.15) is 5.76 Å². The van der Waals surface area contributed by atoms with Crippen LogP contribution in [0.4, 0.5) is 0 Å². The van der Waals surface area contributed by atoms with Gasteiger partial charge in [0.25, 0.3) is 5.56 Å². The molecule has 0 spiro atoms. The Kier molecular flexibility index (Phi) is 3.77. The molecule has 2 heterocycles. The zero-order chi connectivity index (χ0) is 12.1. The average Bonchev–Trinajstić information content (AvgIpc) is 2.80. The molecule has 2 rings (SSSR count). The third-order valence-electron chi connectivity index (χ3n) is 2.66. The fourth-order valence-electron chi connectivity index (χ4n) is 1.73. The minimum absolute atomic E-state index is 0.0461. The van der Waals surface area contributed by atoms with Gasteiger partial charge in [-0.3, -0.25) is 4.79 Å².